The van der Waals surface area contributed by atoms with Crippen LogP contribution in [0.3, 0.4) is 0 Å². The van der Waals surface area contributed by atoms with Gasteiger partial charge >= 0.3 is 5.69 Å². The van der Waals surface area contributed by atoms with Crippen molar-refractivity contribution in [3.8, 4) is 17.2 Å². The van der Waals surface area contributed by atoms with Crippen molar-refractivity contribution in [3.63, 3.8) is 0 Å². The summed E-state index contributed by atoms with van der Waals surface area (Å²) < 4.78 is 11.0. The molecule has 0 bridgehead atoms. The molecular formula is C23H20N4O7. The zero-order chi connectivity index (χ0) is 24.7. The van der Waals surface area contributed by atoms with E-state index in [9.17, 15) is 25.0 Å². The van der Waals surface area contributed by atoms with Crippen LogP contribution in [0.2, 0.25) is 0 Å². The maximum Gasteiger partial charge on any atom is 0.318 e. The van der Waals surface area contributed by atoms with E-state index < -0.39 is 27.1 Å². The summed E-state index contributed by atoms with van der Waals surface area (Å²) in [6.07, 6.45) is 1.37. The van der Waals surface area contributed by atoms with Gasteiger partial charge in [-0.15, -0.1) is 0 Å². The van der Waals surface area contributed by atoms with Gasteiger partial charge in [-0.25, -0.2) is 5.43 Å². The molecule has 174 valence electrons. The number of nitro groups is 2. The van der Waals surface area contributed by atoms with Gasteiger partial charge in [-0.3, -0.25) is 25.0 Å². The second-order valence-electron chi connectivity index (χ2n) is 7.17. The fourth-order valence-corrected chi connectivity index (χ4v) is 2.80. The third-order valence-electron chi connectivity index (χ3n) is 4.69. The van der Waals surface area contributed by atoms with Gasteiger partial charge in [0.15, 0.2) is 6.61 Å². The number of rotatable bonds is 9. The smallest absolute Gasteiger partial charge is 0.318 e. The van der Waals surface area contributed by atoms with Crippen molar-refractivity contribution in [2.75, 3.05) is 6.61 Å². The van der Waals surface area contributed by atoms with E-state index in [4.69, 9.17) is 9.47 Å². The number of aryl methyl sites for hydroxylation is 2. The summed E-state index contributed by atoms with van der Waals surface area (Å²) in [4.78, 5) is 32.6. The number of nitrogens with zero attached hydrogens (tertiary/aromatic N) is 3. The Kier molecular flexibility index (Phi) is 7.49. The van der Waals surface area contributed by atoms with E-state index >= 15 is 0 Å². The summed E-state index contributed by atoms with van der Waals surface area (Å²) in [5, 5.41) is 26.0. The minimum absolute atomic E-state index is 0.151. The highest BCUT2D eigenvalue weighted by molar-refractivity contribution is 5.83. The van der Waals surface area contributed by atoms with Gasteiger partial charge in [-0.2, -0.15) is 5.10 Å². The van der Waals surface area contributed by atoms with Gasteiger partial charge in [0, 0.05) is 6.07 Å². The van der Waals surface area contributed by atoms with Crippen molar-refractivity contribution in [1.82, 2.24) is 5.43 Å². The molecule has 0 aliphatic carbocycles. The Bertz CT molecular complexity index is 1270. The Morgan fingerprint density at radius 1 is 0.971 bits per heavy atom. The first-order valence-electron chi connectivity index (χ1n) is 9.95. The fraction of sp³-hybridized carbons (Fsp3) is 0.130. The summed E-state index contributed by atoms with van der Waals surface area (Å²) in [6, 6.07) is 15.0. The zero-order valence-electron chi connectivity index (χ0n) is 18.3. The van der Waals surface area contributed by atoms with E-state index in [-0.39, 0.29) is 18.1 Å². The molecule has 3 aromatic rings. The van der Waals surface area contributed by atoms with Gasteiger partial charge in [0.2, 0.25) is 5.75 Å². The van der Waals surface area contributed by atoms with Gasteiger partial charge in [-0.05, 0) is 60.9 Å². The Hall–Kier alpha value is -4.80. The summed E-state index contributed by atoms with van der Waals surface area (Å²) in [6.45, 7) is 3.71. The molecule has 0 aromatic heterocycles. The molecule has 0 spiro atoms. The molecule has 3 rings (SSSR count). The second-order valence-corrected chi connectivity index (χ2v) is 7.17. The highest BCUT2D eigenvalue weighted by atomic mass is 16.6. The second kappa shape index (κ2) is 10.7. The van der Waals surface area contributed by atoms with Crippen LogP contribution in [0.15, 0.2) is 65.8 Å². The van der Waals surface area contributed by atoms with Gasteiger partial charge in [-0.1, -0.05) is 18.2 Å². The fourth-order valence-electron chi connectivity index (χ4n) is 2.80. The van der Waals surface area contributed by atoms with Crippen LogP contribution in [0.5, 0.6) is 17.2 Å². The number of carbonyl (C=O) groups excluding carboxylic acids is 1. The topological polar surface area (TPSA) is 146 Å². The SMILES string of the molecule is Cc1ccc(OCC(=O)N/N=C\c2cccc(Oc3ccc([N+](=O)[O-])cc3[N+](=O)[O-])c2)cc1C. The lowest BCUT2D eigenvalue weighted by atomic mass is 10.1. The average molecular weight is 464 g/mol. The van der Waals surface area contributed by atoms with Crippen molar-refractivity contribution < 1.29 is 24.1 Å². The van der Waals surface area contributed by atoms with Gasteiger partial charge in [0.05, 0.1) is 22.1 Å². The molecule has 0 atom stereocenters. The predicted molar refractivity (Wildman–Crippen MR) is 123 cm³/mol. The Morgan fingerprint density at radius 3 is 2.47 bits per heavy atom. The first-order chi connectivity index (χ1) is 16.2. The van der Waals surface area contributed by atoms with E-state index in [0.29, 0.717) is 11.3 Å². The van der Waals surface area contributed by atoms with Gasteiger partial charge < -0.3 is 9.47 Å². The molecule has 0 unspecified atom stereocenters. The van der Waals surface area contributed by atoms with Crippen LogP contribution in [-0.2, 0) is 4.79 Å². The lowest BCUT2D eigenvalue weighted by Gasteiger charge is -2.07. The number of benzene rings is 3. The molecule has 0 heterocycles. The summed E-state index contributed by atoms with van der Waals surface area (Å²) >= 11 is 0. The number of non-ortho nitro benzene ring substituents is 1. The maximum atomic E-state index is 12.0. The average Bonchev–Trinajstić information content (AvgIpc) is 2.80. The first-order valence-corrected chi connectivity index (χ1v) is 9.95. The molecule has 0 saturated carbocycles. The first kappa shape index (κ1) is 23.9. The van der Waals surface area contributed by atoms with E-state index in [1.807, 2.05) is 26.0 Å². The Balaban J connectivity index is 1.61. The van der Waals surface area contributed by atoms with Crippen LogP contribution in [0.25, 0.3) is 0 Å². The van der Waals surface area contributed by atoms with Crippen molar-refractivity contribution >= 4 is 23.5 Å². The molecule has 0 aliphatic rings. The molecule has 0 saturated heterocycles. The molecule has 11 nitrogen and oxygen atoms in total. The molecule has 1 N–H and O–H groups in total. The molecule has 0 radical (unpaired) electrons. The normalized spacial score (nSPS) is 10.6. The summed E-state index contributed by atoms with van der Waals surface area (Å²) in [5.41, 5.74) is 4.11. The Labute approximate surface area is 193 Å². The monoisotopic (exact) mass is 464 g/mol. The van der Waals surface area contributed by atoms with Crippen molar-refractivity contribution in [1.29, 1.82) is 0 Å². The van der Waals surface area contributed by atoms with Crippen LogP contribution in [0.4, 0.5) is 11.4 Å². The van der Waals surface area contributed by atoms with E-state index in [0.717, 1.165) is 29.3 Å². The van der Waals surface area contributed by atoms with E-state index in [2.05, 4.69) is 10.5 Å². The number of amides is 1. The van der Waals surface area contributed by atoms with Gasteiger partial charge in [0.25, 0.3) is 11.6 Å². The maximum absolute atomic E-state index is 12.0. The van der Waals surface area contributed by atoms with Crippen molar-refractivity contribution in [2.24, 2.45) is 5.10 Å². The predicted octanol–water partition coefficient (Wildman–Crippen LogP) is 4.44. The highest BCUT2D eigenvalue weighted by Gasteiger charge is 2.21. The number of hydrogen-bond acceptors (Lipinski definition) is 8. The number of nitrogens with one attached hydrogen (secondary N) is 1. The molecule has 34 heavy (non-hydrogen) atoms. The minimum Gasteiger partial charge on any atom is -0.484 e. The lowest BCUT2D eigenvalue weighted by molar-refractivity contribution is -0.394. The van der Waals surface area contributed by atoms with Crippen LogP contribution in [-0.4, -0.2) is 28.6 Å². The summed E-state index contributed by atoms with van der Waals surface area (Å²) in [7, 11) is 0. The third kappa shape index (κ3) is 6.36. The number of carbonyl (C=O) groups is 1. The van der Waals surface area contributed by atoms with Crippen LogP contribution >= 0.6 is 0 Å². The van der Waals surface area contributed by atoms with E-state index in [1.165, 1.54) is 12.3 Å². The largest absolute Gasteiger partial charge is 0.484 e. The van der Waals surface area contributed by atoms with Crippen LogP contribution in [0.1, 0.15) is 16.7 Å². The number of hydrazone groups is 1. The zero-order valence-corrected chi connectivity index (χ0v) is 18.3. The number of ether oxygens (including phenoxy) is 2. The standard InChI is InChI=1S/C23H20N4O7/c1-15-6-8-19(10-16(15)2)33-14-23(28)25-24-13-17-4-3-5-20(11-17)34-22-9-7-18(26(29)30)12-21(22)27(31)32/h3-13H,14H2,1-2H3,(H,25,28)/b24-13-. The van der Waals surface area contributed by atoms with Crippen LogP contribution < -0.4 is 14.9 Å². The minimum atomic E-state index is -0.761. The van der Waals surface area contributed by atoms with Crippen LogP contribution in [0, 0.1) is 34.1 Å². The molecule has 0 fully saturated rings. The quantitative estimate of drug-likeness (QED) is 0.280. The Morgan fingerprint density at radius 2 is 1.76 bits per heavy atom. The highest BCUT2D eigenvalue weighted by Crippen LogP contribution is 2.34. The number of nitro benzene ring substituents is 2. The number of hydrogen-bond donors (Lipinski definition) is 1. The molecule has 11 heteroatoms. The van der Waals surface area contributed by atoms with Crippen molar-refractivity contribution in [2.45, 2.75) is 13.8 Å². The molecule has 1 amide bonds. The molecule has 3 aromatic carbocycles. The third-order valence-corrected chi connectivity index (χ3v) is 4.69. The molecular weight excluding hydrogens is 444 g/mol. The molecule has 0 aliphatic heterocycles. The summed E-state index contributed by atoms with van der Waals surface area (Å²) in [5.74, 6) is 0.211. The van der Waals surface area contributed by atoms with Crippen molar-refractivity contribution in [3.05, 3.63) is 97.6 Å². The lowest BCUT2D eigenvalue weighted by Crippen LogP contribution is -2.24. The van der Waals surface area contributed by atoms with Gasteiger partial charge in [0.1, 0.15) is 11.5 Å². The van der Waals surface area contributed by atoms with E-state index in [1.54, 1.807) is 24.3 Å².